The monoisotopic (exact) mass is 342 g/mol. The molecule has 0 bridgehead atoms. The number of carbonyl (C=O) groups excluding carboxylic acids is 1. The standard InChI is InChI=1S/C18H26N6O/c1-2-16-15(14-22-24(16)17-6-3-4-7-20-17)18(25)21-8-5-11-23-12-9-19-10-13-23/h3-4,6-7,14,19H,2,5,8-13H2,1H3,(H,21,25). The lowest BCUT2D eigenvalue weighted by Gasteiger charge is -2.27. The highest BCUT2D eigenvalue weighted by Crippen LogP contribution is 2.14. The molecule has 3 rings (SSSR count). The van der Waals surface area contributed by atoms with E-state index < -0.39 is 0 Å². The van der Waals surface area contributed by atoms with E-state index in [4.69, 9.17) is 0 Å². The van der Waals surface area contributed by atoms with Crippen molar-refractivity contribution in [2.45, 2.75) is 19.8 Å². The predicted octanol–water partition coefficient (Wildman–Crippen LogP) is 0.855. The van der Waals surface area contributed by atoms with E-state index in [0.29, 0.717) is 12.1 Å². The Morgan fingerprint density at radius 2 is 2.16 bits per heavy atom. The highest BCUT2D eigenvalue weighted by molar-refractivity contribution is 5.95. The van der Waals surface area contributed by atoms with E-state index in [1.807, 2.05) is 25.1 Å². The smallest absolute Gasteiger partial charge is 0.254 e. The van der Waals surface area contributed by atoms with Crippen molar-refractivity contribution in [3.05, 3.63) is 41.9 Å². The Balaban J connectivity index is 1.56. The summed E-state index contributed by atoms with van der Waals surface area (Å²) >= 11 is 0. The average molecular weight is 342 g/mol. The minimum Gasteiger partial charge on any atom is -0.352 e. The molecule has 0 atom stereocenters. The van der Waals surface area contributed by atoms with Gasteiger partial charge in [-0.1, -0.05) is 13.0 Å². The summed E-state index contributed by atoms with van der Waals surface area (Å²) in [5, 5.41) is 10.7. The van der Waals surface area contributed by atoms with E-state index in [2.05, 4.69) is 25.6 Å². The molecule has 134 valence electrons. The topological polar surface area (TPSA) is 75.1 Å². The van der Waals surface area contributed by atoms with Crippen molar-refractivity contribution in [1.29, 1.82) is 0 Å². The largest absolute Gasteiger partial charge is 0.352 e. The molecule has 3 heterocycles. The maximum atomic E-state index is 12.5. The molecule has 1 aliphatic rings. The van der Waals surface area contributed by atoms with Crippen molar-refractivity contribution < 1.29 is 4.79 Å². The van der Waals surface area contributed by atoms with Gasteiger partial charge in [0, 0.05) is 38.9 Å². The van der Waals surface area contributed by atoms with Gasteiger partial charge in [-0.05, 0) is 31.5 Å². The Bertz CT molecular complexity index is 678. The molecule has 1 saturated heterocycles. The quantitative estimate of drug-likeness (QED) is 0.730. The molecule has 1 amide bonds. The van der Waals surface area contributed by atoms with Crippen LogP contribution in [0.5, 0.6) is 0 Å². The summed E-state index contributed by atoms with van der Waals surface area (Å²) in [5.41, 5.74) is 1.52. The molecule has 1 fully saturated rings. The lowest BCUT2D eigenvalue weighted by Crippen LogP contribution is -2.44. The van der Waals surface area contributed by atoms with E-state index in [9.17, 15) is 4.79 Å². The molecule has 0 aliphatic carbocycles. The lowest BCUT2D eigenvalue weighted by atomic mass is 10.2. The molecular weight excluding hydrogens is 316 g/mol. The Kier molecular flexibility index (Phi) is 6.14. The van der Waals surface area contributed by atoms with Crippen LogP contribution in [0.15, 0.2) is 30.6 Å². The van der Waals surface area contributed by atoms with Crippen LogP contribution in [0.2, 0.25) is 0 Å². The number of rotatable bonds is 7. The van der Waals surface area contributed by atoms with Crippen LogP contribution in [0.4, 0.5) is 0 Å². The van der Waals surface area contributed by atoms with E-state index in [0.717, 1.165) is 57.1 Å². The Morgan fingerprint density at radius 3 is 2.88 bits per heavy atom. The first-order chi connectivity index (χ1) is 12.3. The fourth-order valence-electron chi connectivity index (χ4n) is 3.11. The molecule has 0 aromatic carbocycles. The molecule has 0 saturated carbocycles. The summed E-state index contributed by atoms with van der Waals surface area (Å²) in [6, 6.07) is 5.67. The van der Waals surface area contributed by atoms with Gasteiger partial charge in [0.1, 0.15) is 0 Å². The number of pyridine rings is 1. The van der Waals surface area contributed by atoms with Crippen LogP contribution in [0.1, 0.15) is 29.4 Å². The van der Waals surface area contributed by atoms with Crippen molar-refractivity contribution in [2.75, 3.05) is 39.3 Å². The van der Waals surface area contributed by atoms with Crippen LogP contribution in [-0.2, 0) is 6.42 Å². The Morgan fingerprint density at radius 1 is 1.32 bits per heavy atom. The van der Waals surface area contributed by atoms with Gasteiger partial charge in [0.2, 0.25) is 0 Å². The molecule has 7 heteroatoms. The first-order valence-corrected chi connectivity index (χ1v) is 8.99. The van der Waals surface area contributed by atoms with Gasteiger partial charge in [-0.2, -0.15) is 5.10 Å². The number of aromatic nitrogens is 3. The van der Waals surface area contributed by atoms with Crippen LogP contribution in [0, 0.1) is 0 Å². The normalized spacial score (nSPS) is 15.2. The Labute approximate surface area is 148 Å². The zero-order valence-corrected chi connectivity index (χ0v) is 14.7. The molecule has 2 aromatic heterocycles. The highest BCUT2D eigenvalue weighted by atomic mass is 16.1. The zero-order chi connectivity index (χ0) is 17.5. The van der Waals surface area contributed by atoms with Crippen molar-refractivity contribution in [3.8, 4) is 5.82 Å². The molecule has 2 aromatic rings. The maximum Gasteiger partial charge on any atom is 0.254 e. The minimum absolute atomic E-state index is 0.0562. The zero-order valence-electron chi connectivity index (χ0n) is 14.7. The third-order valence-electron chi connectivity index (χ3n) is 4.46. The second kappa shape index (κ2) is 8.73. The molecule has 1 aliphatic heterocycles. The van der Waals surface area contributed by atoms with E-state index >= 15 is 0 Å². The molecule has 2 N–H and O–H groups in total. The number of hydrogen-bond donors (Lipinski definition) is 2. The second-order valence-corrected chi connectivity index (χ2v) is 6.16. The van der Waals surface area contributed by atoms with Gasteiger partial charge in [0.05, 0.1) is 17.5 Å². The Hall–Kier alpha value is -2.25. The van der Waals surface area contributed by atoms with Crippen LogP contribution >= 0.6 is 0 Å². The molecule has 25 heavy (non-hydrogen) atoms. The summed E-state index contributed by atoms with van der Waals surface area (Å²) in [7, 11) is 0. The van der Waals surface area contributed by atoms with Gasteiger partial charge in [-0.3, -0.25) is 4.79 Å². The van der Waals surface area contributed by atoms with Crippen molar-refractivity contribution in [3.63, 3.8) is 0 Å². The summed E-state index contributed by atoms with van der Waals surface area (Å²) in [4.78, 5) is 19.3. The number of hydrogen-bond acceptors (Lipinski definition) is 5. The number of carbonyl (C=O) groups is 1. The van der Waals surface area contributed by atoms with Crippen molar-refractivity contribution >= 4 is 5.91 Å². The summed E-state index contributed by atoms with van der Waals surface area (Å²) in [6.07, 6.45) is 5.05. The third kappa shape index (κ3) is 4.43. The SMILES string of the molecule is CCc1c(C(=O)NCCCN2CCNCC2)cnn1-c1ccccn1. The number of nitrogens with one attached hydrogen (secondary N) is 2. The number of piperazine rings is 1. The lowest BCUT2D eigenvalue weighted by molar-refractivity contribution is 0.0950. The van der Waals surface area contributed by atoms with Crippen LogP contribution in [0.3, 0.4) is 0 Å². The highest BCUT2D eigenvalue weighted by Gasteiger charge is 2.17. The van der Waals surface area contributed by atoms with Gasteiger partial charge in [0.25, 0.3) is 5.91 Å². The van der Waals surface area contributed by atoms with Crippen molar-refractivity contribution in [2.24, 2.45) is 0 Å². The molecule has 0 unspecified atom stereocenters. The van der Waals surface area contributed by atoms with Crippen LogP contribution in [-0.4, -0.2) is 64.8 Å². The number of nitrogens with zero attached hydrogens (tertiary/aromatic N) is 4. The first-order valence-electron chi connectivity index (χ1n) is 8.99. The van der Waals surface area contributed by atoms with E-state index in [-0.39, 0.29) is 5.91 Å². The minimum atomic E-state index is -0.0562. The molecule has 0 spiro atoms. The van der Waals surface area contributed by atoms with Gasteiger partial charge >= 0.3 is 0 Å². The predicted molar refractivity (Wildman–Crippen MR) is 97.0 cm³/mol. The van der Waals surface area contributed by atoms with Gasteiger partial charge in [-0.25, -0.2) is 9.67 Å². The molecule has 7 nitrogen and oxygen atoms in total. The maximum absolute atomic E-state index is 12.5. The fourth-order valence-corrected chi connectivity index (χ4v) is 3.11. The van der Waals surface area contributed by atoms with E-state index in [1.54, 1.807) is 17.1 Å². The molecular formula is C18H26N6O. The summed E-state index contributed by atoms with van der Waals surface area (Å²) in [6.45, 7) is 8.02. The second-order valence-electron chi connectivity index (χ2n) is 6.16. The first kappa shape index (κ1) is 17.6. The summed E-state index contributed by atoms with van der Waals surface area (Å²) in [5.74, 6) is 0.677. The summed E-state index contributed by atoms with van der Waals surface area (Å²) < 4.78 is 1.75. The van der Waals surface area contributed by atoms with Crippen LogP contribution in [0.25, 0.3) is 5.82 Å². The van der Waals surface area contributed by atoms with Gasteiger partial charge in [0.15, 0.2) is 5.82 Å². The van der Waals surface area contributed by atoms with E-state index in [1.165, 1.54) is 0 Å². The fraction of sp³-hybridized carbons (Fsp3) is 0.500. The average Bonchev–Trinajstić information content (AvgIpc) is 3.11. The molecule has 0 radical (unpaired) electrons. The van der Waals surface area contributed by atoms with Crippen molar-refractivity contribution in [1.82, 2.24) is 30.3 Å². The van der Waals surface area contributed by atoms with Crippen LogP contribution < -0.4 is 10.6 Å². The van der Waals surface area contributed by atoms with Gasteiger partial charge < -0.3 is 15.5 Å². The number of amides is 1. The third-order valence-corrected chi connectivity index (χ3v) is 4.46. The van der Waals surface area contributed by atoms with Gasteiger partial charge in [-0.15, -0.1) is 0 Å².